The molecule has 18 heavy (non-hydrogen) atoms. The lowest BCUT2D eigenvalue weighted by Gasteiger charge is -2.36. The van der Waals surface area contributed by atoms with Gasteiger partial charge in [0.05, 0.1) is 12.4 Å². The second-order valence-electron chi connectivity index (χ2n) is 4.65. The van der Waals surface area contributed by atoms with Gasteiger partial charge in [0.25, 0.3) is 0 Å². The van der Waals surface area contributed by atoms with Crippen molar-refractivity contribution in [1.82, 2.24) is 9.97 Å². The Kier molecular flexibility index (Phi) is 4.75. The number of anilines is 2. The fourth-order valence-corrected chi connectivity index (χ4v) is 2.51. The van der Waals surface area contributed by atoms with E-state index < -0.39 is 0 Å². The van der Waals surface area contributed by atoms with Crippen molar-refractivity contribution >= 4 is 11.6 Å². The number of aliphatic hydroxyl groups is 1. The third-order valence-electron chi connectivity index (χ3n) is 3.36. The first-order valence-electron chi connectivity index (χ1n) is 6.78. The first-order chi connectivity index (χ1) is 8.85. The Morgan fingerprint density at radius 1 is 1.44 bits per heavy atom. The SMILES string of the molecule is CCNc1cncc(N2CCCCC2CCO)n1. The highest BCUT2D eigenvalue weighted by atomic mass is 16.3. The number of nitrogens with zero attached hydrogens (tertiary/aromatic N) is 3. The lowest BCUT2D eigenvalue weighted by Crippen LogP contribution is -2.40. The van der Waals surface area contributed by atoms with Crippen LogP contribution in [0.3, 0.4) is 0 Å². The van der Waals surface area contributed by atoms with E-state index in [1.54, 1.807) is 6.20 Å². The summed E-state index contributed by atoms with van der Waals surface area (Å²) < 4.78 is 0. The van der Waals surface area contributed by atoms with E-state index in [-0.39, 0.29) is 6.61 Å². The van der Waals surface area contributed by atoms with Gasteiger partial charge in [-0.2, -0.15) is 0 Å². The summed E-state index contributed by atoms with van der Waals surface area (Å²) in [6.07, 6.45) is 7.94. The lowest BCUT2D eigenvalue weighted by molar-refractivity contribution is 0.262. The molecule has 1 aromatic heterocycles. The van der Waals surface area contributed by atoms with Crippen LogP contribution in [0.5, 0.6) is 0 Å². The van der Waals surface area contributed by atoms with Gasteiger partial charge >= 0.3 is 0 Å². The number of rotatable bonds is 5. The van der Waals surface area contributed by atoms with Gasteiger partial charge in [-0.3, -0.25) is 4.98 Å². The number of aromatic nitrogens is 2. The fourth-order valence-electron chi connectivity index (χ4n) is 2.51. The summed E-state index contributed by atoms with van der Waals surface area (Å²) in [5.74, 6) is 1.75. The molecule has 100 valence electrons. The Morgan fingerprint density at radius 2 is 2.33 bits per heavy atom. The van der Waals surface area contributed by atoms with E-state index in [0.29, 0.717) is 6.04 Å². The van der Waals surface area contributed by atoms with Crippen LogP contribution in [0.15, 0.2) is 12.4 Å². The van der Waals surface area contributed by atoms with Gasteiger partial charge in [-0.05, 0) is 32.6 Å². The van der Waals surface area contributed by atoms with Crippen LogP contribution in [0.25, 0.3) is 0 Å². The van der Waals surface area contributed by atoms with Crippen LogP contribution in [0.2, 0.25) is 0 Å². The lowest BCUT2D eigenvalue weighted by atomic mass is 10.00. The fraction of sp³-hybridized carbons (Fsp3) is 0.692. The topological polar surface area (TPSA) is 61.3 Å². The van der Waals surface area contributed by atoms with Gasteiger partial charge < -0.3 is 15.3 Å². The van der Waals surface area contributed by atoms with Crippen LogP contribution < -0.4 is 10.2 Å². The molecule has 1 aliphatic rings. The summed E-state index contributed by atoms with van der Waals surface area (Å²) in [7, 11) is 0. The molecule has 5 nitrogen and oxygen atoms in total. The highest BCUT2D eigenvalue weighted by Crippen LogP contribution is 2.25. The van der Waals surface area contributed by atoms with Crippen LogP contribution >= 0.6 is 0 Å². The first-order valence-corrected chi connectivity index (χ1v) is 6.78. The van der Waals surface area contributed by atoms with Crippen molar-refractivity contribution in [3.05, 3.63) is 12.4 Å². The van der Waals surface area contributed by atoms with Gasteiger partial charge in [0.2, 0.25) is 0 Å². The third kappa shape index (κ3) is 3.10. The van der Waals surface area contributed by atoms with E-state index in [2.05, 4.69) is 20.2 Å². The van der Waals surface area contributed by atoms with Crippen LogP contribution in [0.1, 0.15) is 32.6 Å². The van der Waals surface area contributed by atoms with Crippen LogP contribution in [0.4, 0.5) is 11.6 Å². The van der Waals surface area contributed by atoms with Gasteiger partial charge in [-0.25, -0.2) is 4.98 Å². The Labute approximate surface area is 108 Å². The van der Waals surface area contributed by atoms with Crippen molar-refractivity contribution < 1.29 is 5.11 Å². The van der Waals surface area contributed by atoms with Crippen molar-refractivity contribution in [3.8, 4) is 0 Å². The number of piperidine rings is 1. The highest BCUT2D eigenvalue weighted by Gasteiger charge is 2.23. The molecule has 1 fully saturated rings. The monoisotopic (exact) mass is 250 g/mol. The summed E-state index contributed by atoms with van der Waals surface area (Å²) in [5, 5.41) is 12.3. The normalized spacial score (nSPS) is 19.9. The van der Waals surface area contributed by atoms with Gasteiger partial charge in [0.1, 0.15) is 11.6 Å². The molecule has 0 spiro atoms. The Morgan fingerprint density at radius 3 is 3.11 bits per heavy atom. The summed E-state index contributed by atoms with van der Waals surface area (Å²) in [4.78, 5) is 11.1. The van der Waals surface area contributed by atoms with Crippen molar-refractivity contribution in [2.75, 3.05) is 29.9 Å². The van der Waals surface area contributed by atoms with Crippen LogP contribution in [0, 0.1) is 0 Å². The number of hydrogen-bond donors (Lipinski definition) is 2. The molecule has 2 heterocycles. The molecule has 1 aromatic rings. The Balaban J connectivity index is 2.14. The van der Waals surface area contributed by atoms with E-state index in [9.17, 15) is 0 Å². The van der Waals surface area contributed by atoms with E-state index in [0.717, 1.165) is 37.6 Å². The highest BCUT2D eigenvalue weighted by molar-refractivity contribution is 5.45. The predicted molar refractivity (Wildman–Crippen MR) is 72.9 cm³/mol. The minimum Gasteiger partial charge on any atom is -0.396 e. The van der Waals surface area contributed by atoms with E-state index in [1.807, 2.05) is 13.1 Å². The predicted octanol–water partition coefficient (Wildman–Crippen LogP) is 1.65. The standard InChI is InChI=1S/C13H22N4O/c1-2-15-12-9-14-10-13(16-12)17-7-4-3-5-11(17)6-8-18/h9-11,18H,2-8H2,1H3,(H,15,16). The molecule has 2 rings (SSSR count). The average Bonchev–Trinajstić information content (AvgIpc) is 2.40. The molecule has 0 aromatic carbocycles. The van der Waals surface area contributed by atoms with E-state index >= 15 is 0 Å². The molecule has 0 bridgehead atoms. The molecule has 0 radical (unpaired) electrons. The second-order valence-corrected chi connectivity index (χ2v) is 4.65. The summed E-state index contributed by atoms with van der Waals surface area (Å²) in [5.41, 5.74) is 0. The molecule has 0 amide bonds. The molecule has 0 saturated carbocycles. The molecule has 1 aliphatic heterocycles. The molecule has 1 unspecified atom stereocenters. The minimum absolute atomic E-state index is 0.238. The molecular formula is C13H22N4O. The summed E-state index contributed by atoms with van der Waals surface area (Å²) in [6.45, 7) is 4.14. The largest absolute Gasteiger partial charge is 0.396 e. The maximum absolute atomic E-state index is 9.15. The van der Waals surface area contributed by atoms with E-state index in [1.165, 1.54) is 12.8 Å². The first kappa shape index (κ1) is 13.1. The third-order valence-corrected chi connectivity index (χ3v) is 3.36. The number of aliphatic hydroxyl groups excluding tert-OH is 1. The van der Waals surface area contributed by atoms with Gasteiger partial charge in [-0.15, -0.1) is 0 Å². The second kappa shape index (κ2) is 6.54. The zero-order valence-corrected chi connectivity index (χ0v) is 11.0. The zero-order chi connectivity index (χ0) is 12.8. The van der Waals surface area contributed by atoms with Gasteiger partial charge in [0.15, 0.2) is 0 Å². The van der Waals surface area contributed by atoms with Crippen molar-refractivity contribution in [1.29, 1.82) is 0 Å². The van der Waals surface area contributed by atoms with Gasteiger partial charge in [0, 0.05) is 25.7 Å². The molecular weight excluding hydrogens is 228 g/mol. The Hall–Kier alpha value is -1.36. The Bertz CT molecular complexity index is 370. The summed E-state index contributed by atoms with van der Waals surface area (Å²) in [6, 6.07) is 0.398. The van der Waals surface area contributed by atoms with Gasteiger partial charge in [-0.1, -0.05) is 0 Å². The maximum Gasteiger partial charge on any atom is 0.149 e. The smallest absolute Gasteiger partial charge is 0.149 e. The van der Waals surface area contributed by atoms with Crippen molar-refractivity contribution in [2.45, 2.75) is 38.6 Å². The molecule has 1 atom stereocenters. The van der Waals surface area contributed by atoms with Crippen molar-refractivity contribution in [3.63, 3.8) is 0 Å². The maximum atomic E-state index is 9.15. The molecule has 1 saturated heterocycles. The number of nitrogens with one attached hydrogen (secondary N) is 1. The quantitative estimate of drug-likeness (QED) is 0.832. The van der Waals surface area contributed by atoms with Crippen LogP contribution in [-0.4, -0.2) is 40.8 Å². The minimum atomic E-state index is 0.238. The number of hydrogen-bond acceptors (Lipinski definition) is 5. The van der Waals surface area contributed by atoms with E-state index in [4.69, 9.17) is 5.11 Å². The van der Waals surface area contributed by atoms with Crippen molar-refractivity contribution in [2.24, 2.45) is 0 Å². The molecule has 2 N–H and O–H groups in total. The molecule has 0 aliphatic carbocycles. The summed E-state index contributed by atoms with van der Waals surface area (Å²) >= 11 is 0. The van der Waals surface area contributed by atoms with Crippen LogP contribution in [-0.2, 0) is 0 Å². The molecule has 5 heteroatoms. The zero-order valence-electron chi connectivity index (χ0n) is 11.0. The average molecular weight is 250 g/mol.